The Hall–Kier alpha value is -1.66. The Labute approximate surface area is 99.9 Å². The number of nitrogens with zero attached hydrogens (tertiary/aromatic N) is 1. The van der Waals surface area contributed by atoms with Crippen molar-refractivity contribution >= 4 is 11.4 Å². The summed E-state index contributed by atoms with van der Waals surface area (Å²) < 4.78 is 5.44. The van der Waals surface area contributed by atoms with Gasteiger partial charge in [-0.2, -0.15) is 0 Å². The van der Waals surface area contributed by atoms with Crippen molar-refractivity contribution in [2.24, 2.45) is 11.8 Å². The summed E-state index contributed by atoms with van der Waals surface area (Å²) in [4.78, 5) is 10.2. The maximum atomic E-state index is 10.7. The Morgan fingerprint density at radius 3 is 2.76 bits per heavy atom. The number of hydrogen-bond acceptors (Lipinski definition) is 5. The molecule has 0 atom stereocenters. The van der Waals surface area contributed by atoms with Crippen LogP contribution in [0.25, 0.3) is 0 Å². The van der Waals surface area contributed by atoms with Gasteiger partial charge in [0.15, 0.2) is 0 Å². The summed E-state index contributed by atoms with van der Waals surface area (Å²) in [6.07, 6.45) is 0. The van der Waals surface area contributed by atoms with Gasteiger partial charge in [-0.15, -0.1) is 0 Å². The van der Waals surface area contributed by atoms with Crippen LogP contribution in [0.4, 0.5) is 11.4 Å². The van der Waals surface area contributed by atoms with E-state index in [-0.39, 0.29) is 5.69 Å². The van der Waals surface area contributed by atoms with Gasteiger partial charge in [0.25, 0.3) is 5.69 Å². The van der Waals surface area contributed by atoms with E-state index >= 15 is 0 Å². The molecule has 0 bridgehead atoms. The van der Waals surface area contributed by atoms with Gasteiger partial charge in [-0.25, -0.2) is 0 Å². The Morgan fingerprint density at radius 1 is 1.53 bits per heavy atom. The van der Waals surface area contributed by atoms with Crippen molar-refractivity contribution in [2.45, 2.75) is 20.5 Å². The highest BCUT2D eigenvalue weighted by molar-refractivity contribution is 5.61. The van der Waals surface area contributed by atoms with E-state index in [2.05, 4.69) is 19.3 Å². The van der Waals surface area contributed by atoms with Crippen LogP contribution in [0.5, 0.6) is 0 Å². The number of hydrogen-bond donors (Lipinski definition) is 2. The van der Waals surface area contributed by atoms with Crippen molar-refractivity contribution in [2.75, 3.05) is 12.0 Å². The van der Waals surface area contributed by atoms with Gasteiger partial charge in [0, 0.05) is 12.7 Å². The molecule has 0 heterocycles. The summed E-state index contributed by atoms with van der Waals surface area (Å²) in [6, 6.07) is 4.71. The third-order valence-corrected chi connectivity index (χ3v) is 2.13. The molecule has 0 fully saturated rings. The molecule has 3 N–H and O–H groups in total. The van der Waals surface area contributed by atoms with Gasteiger partial charge >= 0.3 is 0 Å². The highest BCUT2D eigenvalue weighted by Crippen LogP contribution is 2.24. The maximum Gasteiger partial charge on any atom is 0.293 e. The van der Waals surface area contributed by atoms with Crippen LogP contribution in [0.2, 0.25) is 0 Å². The number of hydrazine groups is 1. The molecule has 0 spiro atoms. The average molecular weight is 239 g/mol. The number of nitrogens with two attached hydrogens (primary N) is 1. The van der Waals surface area contributed by atoms with Crippen LogP contribution in [0.15, 0.2) is 18.2 Å². The van der Waals surface area contributed by atoms with E-state index in [9.17, 15) is 10.1 Å². The molecule has 1 aromatic rings. The first-order chi connectivity index (χ1) is 8.04. The second-order valence-corrected chi connectivity index (χ2v) is 4.16. The zero-order valence-corrected chi connectivity index (χ0v) is 9.97. The smallest absolute Gasteiger partial charge is 0.293 e. The molecule has 0 amide bonds. The summed E-state index contributed by atoms with van der Waals surface area (Å²) in [6.45, 7) is 5.19. The molecular formula is C11H17N3O3. The van der Waals surface area contributed by atoms with E-state index in [1.54, 1.807) is 12.1 Å². The van der Waals surface area contributed by atoms with Gasteiger partial charge in [0.2, 0.25) is 0 Å². The summed E-state index contributed by atoms with van der Waals surface area (Å²) in [5.74, 6) is 5.70. The second kappa shape index (κ2) is 6.17. The summed E-state index contributed by atoms with van der Waals surface area (Å²) in [5, 5.41) is 10.7. The minimum atomic E-state index is -0.478. The molecule has 6 heteroatoms. The number of rotatable bonds is 6. The minimum Gasteiger partial charge on any atom is -0.377 e. The number of benzene rings is 1. The lowest BCUT2D eigenvalue weighted by atomic mass is 10.2. The van der Waals surface area contributed by atoms with E-state index in [1.165, 1.54) is 6.07 Å². The minimum absolute atomic E-state index is 0.0416. The van der Waals surface area contributed by atoms with Crippen molar-refractivity contribution in [3.8, 4) is 0 Å². The van der Waals surface area contributed by atoms with Gasteiger partial charge in [0.05, 0.1) is 11.5 Å². The molecule has 94 valence electrons. The molecule has 17 heavy (non-hydrogen) atoms. The molecule has 0 aliphatic heterocycles. The highest BCUT2D eigenvalue weighted by Gasteiger charge is 2.12. The van der Waals surface area contributed by atoms with Gasteiger partial charge < -0.3 is 10.2 Å². The van der Waals surface area contributed by atoms with E-state index in [0.717, 1.165) is 5.56 Å². The fraction of sp³-hybridized carbons (Fsp3) is 0.455. The number of nitro groups is 1. The molecule has 0 saturated carbocycles. The second-order valence-electron chi connectivity index (χ2n) is 4.16. The predicted octanol–water partition coefficient (Wildman–Crippen LogP) is 2.05. The van der Waals surface area contributed by atoms with Gasteiger partial charge in [-0.05, 0) is 23.6 Å². The number of ether oxygens (including phenoxy) is 1. The first-order valence-corrected chi connectivity index (χ1v) is 5.36. The molecule has 0 saturated heterocycles. The van der Waals surface area contributed by atoms with Crippen LogP contribution in [-0.2, 0) is 11.3 Å². The Morgan fingerprint density at radius 2 is 2.24 bits per heavy atom. The fourth-order valence-electron chi connectivity index (χ4n) is 1.36. The van der Waals surface area contributed by atoms with Gasteiger partial charge in [-0.1, -0.05) is 13.8 Å². The van der Waals surface area contributed by atoms with Crippen molar-refractivity contribution in [3.05, 3.63) is 33.9 Å². The topological polar surface area (TPSA) is 90.4 Å². The monoisotopic (exact) mass is 239 g/mol. The third-order valence-electron chi connectivity index (χ3n) is 2.13. The summed E-state index contributed by atoms with van der Waals surface area (Å²) in [5.41, 5.74) is 3.42. The predicted molar refractivity (Wildman–Crippen MR) is 65.4 cm³/mol. The normalized spacial score (nSPS) is 10.6. The molecule has 0 unspecified atom stereocenters. The Bertz CT molecular complexity index is 394. The first kappa shape index (κ1) is 13.4. The van der Waals surface area contributed by atoms with Crippen molar-refractivity contribution in [3.63, 3.8) is 0 Å². The lowest BCUT2D eigenvalue weighted by molar-refractivity contribution is -0.384. The largest absolute Gasteiger partial charge is 0.377 e. The Balaban J connectivity index is 2.72. The molecule has 0 aromatic heterocycles. The lowest BCUT2D eigenvalue weighted by Gasteiger charge is -2.08. The zero-order valence-electron chi connectivity index (χ0n) is 9.97. The van der Waals surface area contributed by atoms with Crippen molar-refractivity contribution in [1.29, 1.82) is 0 Å². The van der Waals surface area contributed by atoms with Crippen molar-refractivity contribution in [1.82, 2.24) is 0 Å². The first-order valence-electron chi connectivity index (χ1n) is 5.36. The highest BCUT2D eigenvalue weighted by atomic mass is 16.6. The fourth-order valence-corrected chi connectivity index (χ4v) is 1.36. The quantitative estimate of drug-likeness (QED) is 0.450. The number of nitrogen functional groups attached to an aromatic ring is 1. The van der Waals surface area contributed by atoms with Crippen LogP contribution in [0.1, 0.15) is 19.4 Å². The average Bonchev–Trinajstić information content (AvgIpc) is 2.28. The number of nitrogens with one attached hydrogen (secondary N) is 1. The molecular weight excluding hydrogens is 222 g/mol. The molecule has 6 nitrogen and oxygen atoms in total. The van der Waals surface area contributed by atoms with Crippen LogP contribution in [0.3, 0.4) is 0 Å². The maximum absolute atomic E-state index is 10.7. The standard InChI is InChI=1S/C11H17N3O3/c1-8(2)6-17-7-9-3-4-11(14(15)16)10(5-9)13-12/h3-5,8,13H,6-7,12H2,1-2H3. The van der Waals surface area contributed by atoms with Crippen LogP contribution in [-0.4, -0.2) is 11.5 Å². The SMILES string of the molecule is CC(C)COCc1ccc([N+](=O)[O-])c(NN)c1. The Kier molecular flexibility index (Phi) is 4.86. The third kappa shape index (κ3) is 4.01. The molecule has 1 aromatic carbocycles. The zero-order chi connectivity index (χ0) is 12.8. The van der Waals surface area contributed by atoms with Gasteiger partial charge in [-0.3, -0.25) is 16.0 Å². The van der Waals surface area contributed by atoms with Crippen molar-refractivity contribution < 1.29 is 9.66 Å². The van der Waals surface area contributed by atoms with Crippen LogP contribution >= 0.6 is 0 Å². The molecule has 1 rings (SSSR count). The molecule has 0 radical (unpaired) electrons. The van der Waals surface area contributed by atoms with Crippen LogP contribution in [0, 0.1) is 16.0 Å². The number of nitro benzene ring substituents is 1. The van der Waals surface area contributed by atoms with E-state index in [0.29, 0.717) is 24.8 Å². The van der Waals surface area contributed by atoms with Crippen LogP contribution < -0.4 is 11.3 Å². The van der Waals surface area contributed by atoms with Gasteiger partial charge in [0.1, 0.15) is 5.69 Å². The molecule has 0 aliphatic carbocycles. The summed E-state index contributed by atoms with van der Waals surface area (Å²) in [7, 11) is 0. The summed E-state index contributed by atoms with van der Waals surface area (Å²) >= 11 is 0. The van der Waals surface area contributed by atoms with E-state index < -0.39 is 4.92 Å². The van der Waals surface area contributed by atoms with E-state index in [1.807, 2.05) is 0 Å². The lowest BCUT2D eigenvalue weighted by Crippen LogP contribution is -2.10. The number of anilines is 1. The molecule has 0 aliphatic rings. The van der Waals surface area contributed by atoms with E-state index in [4.69, 9.17) is 10.6 Å².